The summed E-state index contributed by atoms with van der Waals surface area (Å²) < 4.78 is 37.7. The molecule has 0 saturated heterocycles. The summed E-state index contributed by atoms with van der Waals surface area (Å²) in [6.45, 7) is 1.17. The van der Waals surface area contributed by atoms with Crippen LogP contribution in [-0.2, 0) is 0 Å². The van der Waals surface area contributed by atoms with Crippen LogP contribution in [0.25, 0.3) is 11.4 Å². The van der Waals surface area contributed by atoms with Gasteiger partial charge in [0.05, 0.1) is 11.7 Å². The maximum Gasteiger partial charge on any atom is 0.289 e. The number of aryl methyl sites for hydroxylation is 3. The molecule has 8 heteroatoms. The summed E-state index contributed by atoms with van der Waals surface area (Å²) >= 11 is 0. The second-order valence-electron chi connectivity index (χ2n) is 5.66. The first-order valence-corrected chi connectivity index (χ1v) is 7.58. The molecule has 1 aliphatic heterocycles. The molecule has 0 radical (unpaired) electrons. The van der Waals surface area contributed by atoms with E-state index in [-0.39, 0.29) is 30.1 Å². The van der Waals surface area contributed by atoms with Crippen LogP contribution in [0.3, 0.4) is 0 Å². The summed E-state index contributed by atoms with van der Waals surface area (Å²) in [6.07, 6.45) is 0. The maximum atomic E-state index is 12.4. The van der Waals surface area contributed by atoms with Crippen LogP contribution in [0.5, 0.6) is 5.75 Å². The molecular weight excluding hydrogens is 324 g/mol. The fraction of sp³-hybridized carbons (Fsp3) is 0.294. The van der Waals surface area contributed by atoms with E-state index in [1.807, 2.05) is 0 Å². The molecule has 1 N–H and O–H groups in total. The van der Waals surface area contributed by atoms with Gasteiger partial charge in [0.2, 0.25) is 17.5 Å². The Bertz CT molecular complexity index is 1060. The lowest BCUT2D eigenvalue weighted by Crippen LogP contribution is -2.29. The van der Waals surface area contributed by atoms with E-state index in [2.05, 4.69) is 20.4 Å². The lowest BCUT2D eigenvalue weighted by atomic mass is 10.1. The number of carbonyl (C=O) groups is 1. The van der Waals surface area contributed by atoms with Gasteiger partial charge in [0, 0.05) is 29.0 Å². The summed E-state index contributed by atoms with van der Waals surface area (Å²) in [5, 5.41) is 6.57. The highest BCUT2D eigenvalue weighted by atomic mass is 16.5. The van der Waals surface area contributed by atoms with Crippen molar-refractivity contribution in [3.05, 3.63) is 47.0 Å². The van der Waals surface area contributed by atoms with E-state index in [1.165, 1.54) is 0 Å². The molecule has 3 heterocycles. The van der Waals surface area contributed by atoms with Crippen molar-refractivity contribution < 1.29 is 22.6 Å². The van der Waals surface area contributed by atoms with Crippen LogP contribution in [0.1, 0.15) is 43.7 Å². The number of carbonyl (C=O) groups excluding carboxylic acids is 1. The van der Waals surface area contributed by atoms with E-state index < -0.39 is 12.7 Å². The van der Waals surface area contributed by atoms with Gasteiger partial charge in [-0.3, -0.25) is 4.79 Å². The fourth-order valence-electron chi connectivity index (χ4n) is 2.78. The van der Waals surface area contributed by atoms with Crippen molar-refractivity contribution in [1.82, 2.24) is 20.4 Å². The minimum Gasteiger partial charge on any atom is -0.491 e. The van der Waals surface area contributed by atoms with Gasteiger partial charge in [-0.15, -0.1) is 0 Å². The molecule has 0 bridgehead atoms. The lowest BCUT2D eigenvalue weighted by Gasteiger charge is -2.10. The molecule has 0 unspecified atom stereocenters. The Hall–Kier alpha value is -3.16. The van der Waals surface area contributed by atoms with E-state index in [0.29, 0.717) is 22.9 Å². The van der Waals surface area contributed by atoms with Crippen LogP contribution in [-0.4, -0.2) is 27.6 Å². The highest BCUT2D eigenvalue weighted by Crippen LogP contribution is 2.35. The number of amides is 1. The number of aromatic nitrogens is 3. The molecule has 1 aliphatic rings. The number of hydrogen-bond acceptors (Lipinski definition) is 7. The Morgan fingerprint density at radius 2 is 2.20 bits per heavy atom. The van der Waals surface area contributed by atoms with E-state index in [1.54, 1.807) is 32.0 Å². The predicted molar refractivity (Wildman–Crippen MR) is 86.2 cm³/mol. The van der Waals surface area contributed by atoms with Crippen molar-refractivity contribution in [2.45, 2.75) is 26.7 Å². The van der Waals surface area contributed by atoms with Crippen LogP contribution < -0.4 is 10.1 Å². The van der Waals surface area contributed by atoms with E-state index in [0.717, 1.165) is 5.56 Å². The van der Waals surface area contributed by atoms with Gasteiger partial charge in [-0.05, 0) is 13.0 Å². The molecule has 1 aromatic carbocycles. The fourth-order valence-corrected chi connectivity index (χ4v) is 2.78. The molecular formula is C17H16N4O4. The van der Waals surface area contributed by atoms with Crippen LogP contribution >= 0.6 is 0 Å². The second-order valence-corrected chi connectivity index (χ2v) is 5.66. The van der Waals surface area contributed by atoms with E-state index in [9.17, 15) is 4.79 Å². The minimum absolute atomic E-state index is 0.151. The zero-order chi connectivity index (χ0) is 20.1. The van der Waals surface area contributed by atoms with Crippen molar-refractivity contribution in [3.63, 3.8) is 0 Å². The standard InChI is InChI=1S/C17H16N4O4/c1-8-15(24-9(2)18-8)17(22)20-13-7-23-14-6-11(4-5-12(13)14)16-19-10(3)25-21-16/h4-6,13H,7H2,1-3H3,(H,20,22)/t13-/m1/s1/i3D3. The Morgan fingerprint density at radius 1 is 1.32 bits per heavy atom. The zero-order valence-corrected chi connectivity index (χ0v) is 13.5. The number of ether oxygens (including phenoxy) is 1. The number of nitrogens with zero attached hydrogens (tertiary/aromatic N) is 3. The third-order valence-corrected chi connectivity index (χ3v) is 3.89. The molecule has 1 atom stereocenters. The SMILES string of the molecule is [2H]C([2H])([2H])c1nc(-c2ccc3c(c2)OC[C@H]3NC(=O)c2oc(C)nc2C)no1. The average molecular weight is 343 g/mol. The van der Waals surface area contributed by atoms with Crippen molar-refractivity contribution >= 4 is 5.91 Å². The van der Waals surface area contributed by atoms with Gasteiger partial charge in [-0.1, -0.05) is 17.3 Å². The Balaban J connectivity index is 1.54. The van der Waals surface area contributed by atoms with Gasteiger partial charge in [0.25, 0.3) is 5.91 Å². The molecule has 0 aliphatic carbocycles. The summed E-state index contributed by atoms with van der Waals surface area (Å²) in [5.74, 6) is 0.501. The molecule has 128 valence electrons. The monoisotopic (exact) mass is 343 g/mol. The summed E-state index contributed by atoms with van der Waals surface area (Å²) in [5.41, 5.74) is 1.85. The Morgan fingerprint density at radius 3 is 2.92 bits per heavy atom. The average Bonchev–Trinajstić information content (AvgIpc) is 3.33. The first-order chi connectivity index (χ1) is 13.2. The molecule has 0 saturated carbocycles. The van der Waals surface area contributed by atoms with Crippen LogP contribution in [0, 0.1) is 20.7 Å². The largest absolute Gasteiger partial charge is 0.491 e. The van der Waals surface area contributed by atoms with Crippen LogP contribution in [0.2, 0.25) is 0 Å². The van der Waals surface area contributed by atoms with Crippen molar-refractivity contribution in [3.8, 4) is 17.1 Å². The molecule has 3 aromatic rings. The molecule has 2 aromatic heterocycles. The number of hydrogen-bond donors (Lipinski definition) is 1. The smallest absolute Gasteiger partial charge is 0.289 e. The summed E-state index contributed by atoms with van der Waals surface area (Å²) in [6, 6.07) is 4.81. The number of benzene rings is 1. The Labute approximate surface area is 147 Å². The Kier molecular flexibility index (Phi) is 2.80. The molecule has 25 heavy (non-hydrogen) atoms. The van der Waals surface area contributed by atoms with Gasteiger partial charge >= 0.3 is 0 Å². The normalized spacial score (nSPS) is 18.0. The summed E-state index contributed by atoms with van der Waals surface area (Å²) in [7, 11) is 0. The number of oxazole rings is 1. The molecule has 1 amide bonds. The molecule has 0 fully saturated rings. The minimum atomic E-state index is -2.47. The molecule has 8 nitrogen and oxygen atoms in total. The summed E-state index contributed by atoms with van der Waals surface area (Å²) in [4.78, 5) is 20.4. The zero-order valence-electron chi connectivity index (χ0n) is 16.5. The first-order valence-electron chi connectivity index (χ1n) is 9.08. The van der Waals surface area contributed by atoms with E-state index in [4.69, 9.17) is 17.8 Å². The van der Waals surface area contributed by atoms with Crippen molar-refractivity contribution in [2.24, 2.45) is 0 Å². The highest BCUT2D eigenvalue weighted by Gasteiger charge is 2.28. The maximum absolute atomic E-state index is 12.4. The van der Waals surface area contributed by atoms with Gasteiger partial charge in [0.1, 0.15) is 12.4 Å². The molecule has 4 rings (SSSR count). The van der Waals surface area contributed by atoms with E-state index >= 15 is 0 Å². The third-order valence-electron chi connectivity index (χ3n) is 3.89. The van der Waals surface area contributed by atoms with Gasteiger partial charge in [-0.25, -0.2) is 4.98 Å². The van der Waals surface area contributed by atoms with Crippen LogP contribution in [0.4, 0.5) is 0 Å². The van der Waals surface area contributed by atoms with Gasteiger partial charge < -0.3 is 19.0 Å². The number of fused-ring (bicyclic) bond motifs is 1. The lowest BCUT2D eigenvalue weighted by molar-refractivity contribution is 0.0900. The second kappa shape index (κ2) is 5.73. The molecule has 0 spiro atoms. The van der Waals surface area contributed by atoms with Crippen molar-refractivity contribution in [1.29, 1.82) is 0 Å². The quantitative estimate of drug-likeness (QED) is 0.779. The predicted octanol–water partition coefficient (Wildman–Crippen LogP) is 2.51. The number of rotatable bonds is 3. The number of nitrogens with one attached hydrogen (secondary N) is 1. The third kappa shape index (κ3) is 2.75. The van der Waals surface area contributed by atoms with Gasteiger partial charge in [-0.2, -0.15) is 4.98 Å². The topological polar surface area (TPSA) is 103 Å². The van der Waals surface area contributed by atoms with Gasteiger partial charge in [0.15, 0.2) is 5.89 Å². The highest BCUT2D eigenvalue weighted by molar-refractivity contribution is 5.92. The van der Waals surface area contributed by atoms with Crippen LogP contribution in [0.15, 0.2) is 27.1 Å². The first kappa shape index (κ1) is 12.2. The van der Waals surface area contributed by atoms with Crippen molar-refractivity contribution in [2.75, 3.05) is 6.61 Å².